The summed E-state index contributed by atoms with van der Waals surface area (Å²) in [6, 6.07) is 13.0. The van der Waals surface area contributed by atoms with Crippen molar-refractivity contribution in [2.75, 3.05) is 0 Å². The van der Waals surface area contributed by atoms with E-state index in [-0.39, 0.29) is 6.61 Å². The van der Waals surface area contributed by atoms with Gasteiger partial charge < -0.3 is 14.0 Å². The first kappa shape index (κ1) is 25.9. The number of aromatic nitrogens is 3. The maximum absolute atomic E-state index is 11.7. The molecule has 2 aromatic heterocycles. The molecule has 0 bridgehead atoms. The Balaban J connectivity index is 1.43. The molecule has 192 valence electrons. The first-order chi connectivity index (χ1) is 18.1. The van der Waals surface area contributed by atoms with Crippen LogP contribution in [0.2, 0.25) is 5.02 Å². The maximum atomic E-state index is 11.7. The molecule has 2 aromatic carbocycles. The highest BCUT2D eigenvalue weighted by molar-refractivity contribution is 6.65. The number of aldehydes is 1. The number of nitrogens with zero attached hydrogens (tertiary/aromatic N) is 4. The number of halogens is 1. The molecule has 0 saturated carbocycles. The van der Waals surface area contributed by atoms with Crippen LogP contribution in [0.3, 0.4) is 0 Å². The van der Waals surface area contributed by atoms with Crippen molar-refractivity contribution < 1.29 is 18.8 Å². The SMILES string of the molecule is CC1(C)OB(c2cccc3c2cnn3Cc2cc(OCc3cncc(C#N)c3)c(C=O)cc2Cl)OC1(C)C. The monoisotopic (exact) mass is 528 g/mol. The van der Waals surface area contributed by atoms with Crippen LogP contribution in [0.25, 0.3) is 10.9 Å². The predicted molar refractivity (Wildman–Crippen MR) is 145 cm³/mol. The van der Waals surface area contributed by atoms with Crippen LogP contribution in [0.5, 0.6) is 5.75 Å². The van der Waals surface area contributed by atoms with Gasteiger partial charge in [0.2, 0.25) is 0 Å². The van der Waals surface area contributed by atoms with E-state index in [4.69, 9.17) is 30.9 Å². The third kappa shape index (κ3) is 4.79. The van der Waals surface area contributed by atoms with Gasteiger partial charge in [0.15, 0.2) is 6.29 Å². The van der Waals surface area contributed by atoms with Crippen LogP contribution in [0.4, 0.5) is 0 Å². The number of rotatable bonds is 7. The maximum Gasteiger partial charge on any atom is 0.495 e. The van der Waals surface area contributed by atoms with E-state index in [0.717, 1.165) is 21.9 Å². The zero-order valence-electron chi connectivity index (χ0n) is 21.6. The van der Waals surface area contributed by atoms with Crippen LogP contribution in [-0.4, -0.2) is 39.4 Å². The van der Waals surface area contributed by atoms with Crippen LogP contribution in [0.15, 0.2) is 55.0 Å². The Morgan fingerprint density at radius 1 is 1.13 bits per heavy atom. The fourth-order valence-electron chi connectivity index (χ4n) is 4.33. The van der Waals surface area contributed by atoms with Crippen LogP contribution in [0, 0.1) is 11.3 Å². The lowest BCUT2D eigenvalue weighted by atomic mass is 9.77. The van der Waals surface area contributed by atoms with Gasteiger partial charge in [-0.25, -0.2) is 0 Å². The van der Waals surface area contributed by atoms with Gasteiger partial charge in [-0.3, -0.25) is 14.5 Å². The Labute approximate surface area is 226 Å². The highest BCUT2D eigenvalue weighted by atomic mass is 35.5. The standard InChI is InChI=1S/C28H26BClN4O4/c1-27(2)28(3,4)38-29(37-27)23-6-5-7-25-22(23)14-33-34(25)15-20-10-26(21(16-35)9-24(20)30)36-17-19-8-18(11-31)12-32-13-19/h5-10,12-14,16H,15,17H2,1-4H3. The number of ether oxygens (including phenoxy) is 1. The molecule has 4 aromatic rings. The summed E-state index contributed by atoms with van der Waals surface area (Å²) >= 11 is 6.56. The van der Waals surface area contributed by atoms with Crippen molar-refractivity contribution in [2.45, 2.75) is 52.0 Å². The Morgan fingerprint density at radius 3 is 2.61 bits per heavy atom. The molecule has 0 aliphatic carbocycles. The van der Waals surface area contributed by atoms with Crippen LogP contribution in [0.1, 0.15) is 54.7 Å². The summed E-state index contributed by atoms with van der Waals surface area (Å²) in [7, 11) is -0.508. The average molecular weight is 529 g/mol. The van der Waals surface area contributed by atoms with E-state index < -0.39 is 18.3 Å². The van der Waals surface area contributed by atoms with Crippen LogP contribution >= 0.6 is 11.6 Å². The van der Waals surface area contributed by atoms with E-state index in [0.29, 0.717) is 40.3 Å². The van der Waals surface area contributed by atoms with Crippen molar-refractivity contribution >= 4 is 41.4 Å². The molecule has 0 atom stereocenters. The van der Waals surface area contributed by atoms with Crippen molar-refractivity contribution in [3.63, 3.8) is 0 Å². The molecule has 0 N–H and O–H groups in total. The quantitative estimate of drug-likeness (QED) is 0.253. The molecular formula is C28H26BClN4O4. The third-order valence-electron chi connectivity index (χ3n) is 7.17. The third-order valence-corrected chi connectivity index (χ3v) is 7.52. The zero-order chi connectivity index (χ0) is 27.1. The fraction of sp³-hybridized carbons (Fsp3) is 0.286. The molecule has 1 saturated heterocycles. The van der Waals surface area contributed by atoms with E-state index >= 15 is 0 Å². The number of nitriles is 1. The average Bonchev–Trinajstić information content (AvgIpc) is 3.40. The minimum atomic E-state index is -0.508. The van der Waals surface area contributed by atoms with Gasteiger partial charge in [0.25, 0.3) is 0 Å². The highest BCUT2D eigenvalue weighted by Crippen LogP contribution is 2.37. The number of hydrogen-bond acceptors (Lipinski definition) is 7. The Morgan fingerprint density at radius 2 is 1.89 bits per heavy atom. The predicted octanol–water partition coefficient (Wildman–Crippen LogP) is 4.70. The van der Waals surface area contributed by atoms with E-state index in [1.807, 2.05) is 50.6 Å². The molecule has 5 rings (SSSR count). The smallest absolute Gasteiger partial charge is 0.488 e. The summed E-state index contributed by atoms with van der Waals surface area (Å²) in [5.41, 5.74) is 3.12. The van der Waals surface area contributed by atoms with Crippen molar-refractivity contribution in [1.29, 1.82) is 5.26 Å². The van der Waals surface area contributed by atoms with Crippen molar-refractivity contribution in [1.82, 2.24) is 14.8 Å². The molecule has 0 amide bonds. The van der Waals surface area contributed by atoms with Gasteiger partial charge in [0, 0.05) is 28.4 Å². The molecule has 8 nitrogen and oxygen atoms in total. The fourth-order valence-corrected chi connectivity index (χ4v) is 4.56. The normalized spacial score (nSPS) is 15.9. The van der Waals surface area contributed by atoms with Crippen molar-refractivity contribution in [3.8, 4) is 11.8 Å². The molecule has 1 aliphatic heterocycles. The molecule has 0 spiro atoms. The number of fused-ring (bicyclic) bond motifs is 1. The molecule has 1 fully saturated rings. The lowest BCUT2D eigenvalue weighted by Gasteiger charge is -2.32. The van der Waals surface area contributed by atoms with E-state index in [1.54, 1.807) is 30.6 Å². The highest BCUT2D eigenvalue weighted by Gasteiger charge is 2.52. The molecular weight excluding hydrogens is 503 g/mol. The van der Waals surface area contributed by atoms with Gasteiger partial charge in [-0.1, -0.05) is 23.7 Å². The van der Waals surface area contributed by atoms with Crippen LogP contribution in [-0.2, 0) is 22.5 Å². The molecule has 10 heteroatoms. The molecule has 0 radical (unpaired) electrons. The van der Waals surface area contributed by atoms with Crippen molar-refractivity contribution in [2.24, 2.45) is 0 Å². The van der Waals surface area contributed by atoms with E-state index in [2.05, 4.69) is 16.2 Å². The number of hydrogen-bond donors (Lipinski definition) is 0. The summed E-state index contributed by atoms with van der Waals surface area (Å²) in [4.78, 5) is 15.8. The number of carbonyl (C=O) groups is 1. The summed E-state index contributed by atoms with van der Waals surface area (Å²) in [5, 5.41) is 15.1. The Hall–Kier alpha value is -3.71. The zero-order valence-corrected chi connectivity index (χ0v) is 22.3. The van der Waals surface area contributed by atoms with E-state index in [9.17, 15) is 4.79 Å². The minimum Gasteiger partial charge on any atom is -0.488 e. The minimum absolute atomic E-state index is 0.145. The number of benzene rings is 2. The first-order valence-corrected chi connectivity index (χ1v) is 12.5. The number of pyridine rings is 1. The van der Waals surface area contributed by atoms with Gasteiger partial charge in [-0.2, -0.15) is 10.4 Å². The summed E-state index contributed by atoms with van der Waals surface area (Å²) in [6.07, 6.45) is 5.60. The Kier molecular flexibility index (Phi) is 6.74. The van der Waals surface area contributed by atoms with Crippen LogP contribution < -0.4 is 10.2 Å². The summed E-state index contributed by atoms with van der Waals surface area (Å²) in [6.45, 7) is 8.61. The van der Waals surface area contributed by atoms with Gasteiger partial charge in [0.05, 0.1) is 40.6 Å². The first-order valence-electron chi connectivity index (χ1n) is 12.2. The lowest BCUT2D eigenvalue weighted by molar-refractivity contribution is 0.00578. The molecule has 38 heavy (non-hydrogen) atoms. The largest absolute Gasteiger partial charge is 0.495 e. The summed E-state index contributed by atoms with van der Waals surface area (Å²) in [5.74, 6) is 0.385. The molecule has 3 heterocycles. The second-order valence-electron chi connectivity index (χ2n) is 10.3. The Bertz CT molecular complexity index is 1560. The second-order valence-corrected chi connectivity index (χ2v) is 10.7. The van der Waals surface area contributed by atoms with Gasteiger partial charge >= 0.3 is 7.12 Å². The lowest BCUT2D eigenvalue weighted by Crippen LogP contribution is -2.41. The summed E-state index contributed by atoms with van der Waals surface area (Å²) < 4.78 is 20.3. The van der Waals surface area contributed by atoms with E-state index in [1.165, 1.54) is 6.20 Å². The molecule has 0 unspecified atom stereocenters. The van der Waals surface area contributed by atoms with Gasteiger partial charge in [-0.15, -0.1) is 0 Å². The number of carbonyl (C=O) groups excluding carboxylic acids is 1. The topological polar surface area (TPSA) is 99.3 Å². The van der Waals surface area contributed by atoms with Gasteiger partial charge in [0.1, 0.15) is 18.4 Å². The van der Waals surface area contributed by atoms with Crippen molar-refractivity contribution in [3.05, 3.63) is 82.3 Å². The van der Waals surface area contributed by atoms with Gasteiger partial charge in [-0.05, 0) is 63.0 Å². The second kappa shape index (κ2) is 9.88. The molecule has 1 aliphatic rings.